The molecule has 0 aliphatic carbocycles. The van der Waals surface area contributed by atoms with Gasteiger partial charge in [-0.05, 0) is 0 Å². The van der Waals surface area contributed by atoms with Crippen molar-refractivity contribution in [1.82, 2.24) is 0 Å². The Morgan fingerprint density at radius 3 is 1.48 bits per heavy atom. The topological polar surface area (TPSA) is 9.23 Å². The Bertz CT molecular complexity index is 839. The van der Waals surface area contributed by atoms with E-state index >= 15 is 0 Å². The molecule has 0 saturated carbocycles. The van der Waals surface area contributed by atoms with Crippen LogP contribution < -0.4 is 14.8 Å². The molecule has 29 heavy (non-hydrogen) atoms. The average Bonchev–Trinajstić information content (AvgIpc) is 2.73. The summed E-state index contributed by atoms with van der Waals surface area (Å²) < 4.78 is 8.77. The van der Waals surface area contributed by atoms with Crippen LogP contribution in [-0.2, 0) is 4.43 Å². The Morgan fingerprint density at radius 1 is 0.655 bits per heavy atom. The van der Waals surface area contributed by atoms with E-state index < -0.39 is 15.4 Å². The number of rotatable bonds is 8. The summed E-state index contributed by atoms with van der Waals surface area (Å²) in [5, 5.41) is 2.83. The van der Waals surface area contributed by atoms with E-state index in [1.807, 2.05) is 0 Å². The zero-order valence-corrected chi connectivity index (χ0v) is 21.8. The van der Waals surface area contributed by atoms with Crippen molar-refractivity contribution in [2.75, 3.05) is 0 Å². The first-order chi connectivity index (χ1) is 13.8. The van der Waals surface area contributed by atoms with Gasteiger partial charge in [0.2, 0.25) is 0 Å². The first kappa shape index (κ1) is 22.3. The Kier molecular flexibility index (Phi) is 7.36. The van der Waals surface area contributed by atoms with E-state index in [0.717, 1.165) is 0 Å². The summed E-state index contributed by atoms with van der Waals surface area (Å²) in [6.45, 7) is 12.1. The van der Waals surface area contributed by atoms with Crippen molar-refractivity contribution < 1.29 is 4.43 Å². The fourth-order valence-corrected chi connectivity index (χ4v) is 18.8. The van der Waals surface area contributed by atoms with Crippen LogP contribution in [0.1, 0.15) is 13.8 Å². The first-order valence-corrected chi connectivity index (χ1v) is 18.6. The molecule has 1 nitrogen and oxygen atoms in total. The molecule has 152 valence electrons. The molecule has 0 spiro atoms. The third kappa shape index (κ3) is 5.01. The zero-order chi connectivity index (χ0) is 20.9. The van der Waals surface area contributed by atoms with E-state index in [9.17, 15) is 0 Å². The van der Waals surface area contributed by atoms with Gasteiger partial charge in [0, 0.05) is 0 Å². The molecule has 0 radical (unpaired) electrons. The molecule has 0 N–H and O–H groups in total. The fraction of sp³-hybridized carbons (Fsp3) is 0.280. The fourth-order valence-electron chi connectivity index (χ4n) is 3.88. The van der Waals surface area contributed by atoms with Gasteiger partial charge >= 0.3 is 185 Å². The Balaban J connectivity index is 2.01. The number of hydrogen-bond donors (Lipinski definition) is 0. The minimum atomic E-state index is -2.34. The van der Waals surface area contributed by atoms with Gasteiger partial charge in [-0.2, -0.15) is 0 Å². The molecular formula is C25H32OSeSi2. The predicted octanol–water partition coefficient (Wildman–Crippen LogP) is 4.41. The molecule has 0 fully saturated rings. The van der Waals surface area contributed by atoms with E-state index in [4.69, 9.17) is 4.43 Å². The molecule has 0 aliphatic heterocycles. The van der Waals surface area contributed by atoms with Gasteiger partial charge in [-0.25, -0.2) is 0 Å². The molecule has 0 heterocycles. The zero-order valence-electron chi connectivity index (χ0n) is 18.1. The number of benzene rings is 3. The predicted molar refractivity (Wildman–Crippen MR) is 133 cm³/mol. The molecule has 3 aromatic carbocycles. The molecule has 3 rings (SSSR count). The summed E-state index contributed by atoms with van der Waals surface area (Å²) >= 11 is 0.396. The van der Waals surface area contributed by atoms with Gasteiger partial charge < -0.3 is 0 Å². The Hall–Kier alpha value is -1.43. The summed E-state index contributed by atoms with van der Waals surface area (Å²) in [6, 6.07) is 33.0. The number of hydrogen-bond acceptors (Lipinski definition) is 1. The third-order valence-electron chi connectivity index (χ3n) is 5.51. The Morgan fingerprint density at radius 2 is 1.07 bits per heavy atom. The maximum atomic E-state index is 7.32. The SMILES string of the molecule is CC(O[Si](c1ccccc1)(c1ccccc1)[Si](C)(C)C)C(C)[Se]c1ccccc1. The van der Waals surface area contributed by atoms with Gasteiger partial charge in [0.25, 0.3) is 0 Å². The molecule has 0 aromatic heterocycles. The van der Waals surface area contributed by atoms with Gasteiger partial charge in [0.05, 0.1) is 0 Å². The van der Waals surface area contributed by atoms with Crippen LogP contribution in [0.2, 0.25) is 24.5 Å². The van der Waals surface area contributed by atoms with Crippen molar-refractivity contribution in [3.05, 3.63) is 91.0 Å². The van der Waals surface area contributed by atoms with Crippen LogP contribution >= 0.6 is 0 Å². The quantitative estimate of drug-likeness (QED) is 0.432. The second kappa shape index (κ2) is 9.59. The van der Waals surface area contributed by atoms with Crippen molar-refractivity contribution in [1.29, 1.82) is 0 Å². The standard InChI is InChI=1S/C25H32OSeSi2/c1-21(22(2)27-23-15-9-6-10-16-23)26-29(28(3,4)5,24-17-11-7-12-18-24)25-19-13-8-14-20-25/h6-22H,1-5H3. The van der Waals surface area contributed by atoms with E-state index in [2.05, 4.69) is 124 Å². The third-order valence-corrected chi connectivity index (χ3v) is 21.8. The summed E-state index contributed by atoms with van der Waals surface area (Å²) in [6.07, 6.45) is 0.217. The van der Waals surface area contributed by atoms with Crippen molar-refractivity contribution in [3.8, 4) is 0 Å². The second-order valence-corrected chi connectivity index (χ2v) is 25.5. The summed E-state index contributed by atoms with van der Waals surface area (Å²) in [5.74, 6) is 0. The summed E-state index contributed by atoms with van der Waals surface area (Å²) in [5.41, 5.74) is 0. The first-order valence-electron chi connectivity index (χ1n) is 10.3. The summed E-state index contributed by atoms with van der Waals surface area (Å²) in [7, 11) is -4.04. The van der Waals surface area contributed by atoms with Crippen LogP contribution in [0.25, 0.3) is 0 Å². The molecule has 0 bridgehead atoms. The molecule has 0 amide bonds. The van der Waals surface area contributed by atoms with Crippen LogP contribution in [-0.4, -0.2) is 36.5 Å². The van der Waals surface area contributed by atoms with E-state index in [1.165, 1.54) is 14.8 Å². The van der Waals surface area contributed by atoms with Crippen LogP contribution in [0, 0.1) is 0 Å². The molecule has 0 saturated heterocycles. The minimum absolute atomic E-state index is 0.217. The molecule has 4 heteroatoms. The summed E-state index contributed by atoms with van der Waals surface area (Å²) in [4.78, 5) is 0.514. The van der Waals surface area contributed by atoms with Gasteiger partial charge in [-0.3, -0.25) is 0 Å². The van der Waals surface area contributed by atoms with Crippen LogP contribution in [0.15, 0.2) is 91.0 Å². The normalized spacial score (nSPS) is 14.4. The van der Waals surface area contributed by atoms with E-state index in [0.29, 0.717) is 19.8 Å². The van der Waals surface area contributed by atoms with Crippen molar-refractivity contribution >= 4 is 45.2 Å². The molecule has 2 unspecified atom stereocenters. The van der Waals surface area contributed by atoms with E-state index in [1.54, 1.807) is 0 Å². The Labute approximate surface area is 184 Å². The maximum absolute atomic E-state index is 7.32. The van der Waals surface area contributed by atoms with Crippen molar-refractivity contribution in [2.45, 2.75) is 44.4 Å². The van der Waals surface area contributed by atoms with Crippen LogP contribution in [0.4, 0.5) is 0 Å². The van der Waals surface area contributed by atoms with Crippen molar-refractivity contribution in [2.24, 2.45) is 0 Å². The molecule has 0 aliphatic rings. The monoisotopic (exact) mass is 484 g/mol. The average molecular weight is 484 g/mol. The second-order valence-electron chi connectivity index (χ2n) is 8.62. The van der Waals surface area contributed by atoms with Gasteiger partial charge in [0.1, 0.15) is 0 Å². The van der Waals surface area contributed by atoms with Gasteiger partial charge in [-0.1, -0.05) is 0 Å². The van der Waals surface area contributed by atoms with Gasteiger partial charge in [0.15, 0.2) is 0 Å². The van der Waals surface area contributed by atoms with E-state index in [-0.39, 0.29) is 6.10 Å². The molecular weight excluding hydrogens is 451 g/mol. The molecule has 3 aromatic rings. The van der Waals surface area contributed by atoms with Crippen LogP contribution in [0.3, 0.4) is 0 Å². The van der Waals surface area contributed by atoms with Crippen LogP contribution in [0.5, 0.6) is 0 Å². The van der Waals surface area contributed by atoms with Gasteiger partial charge in [-0.15, -0.1) is 0 Å². The van der Waals surface area contributed by atoms with Crippen molar-refractivity contribution in [3.63, 3.8) is 0 Å². The molecule has 2 atom stereocenters.